The number of urea groups is 1. The van der Waals surface area contributed by atoms with Gasteiger partial charge in [-0.05, 0) is 48.6 Å². The molecule has 2 aliphatic rings. The van der Waals surface area contributed by atoms with Gasteiger partial charge in [-0.3, -0.25) is 14.5 Å². The predicted molar refractivity (Wildman–Crippen MR) is 111 cm³/mol. The maximum absolute atomic E-state index is 13.3. The van der Waals surface area contributed by atoms with E-state index < -0.39 is 17.5 Å². The lowest BCUT2D eigenvalue weighted by Crippen LogP contribution is -2.46. The summed E-state index contributed by atoms with van der Waals surface area (Å²) in [6, 6.07) is 14.0. The zero-order valence-corrected chi connectivity index (χ0v) is 16.9. The molecule has 6 nitrogen and oxygen atoms in total. The Morgan fingerprint density at radius 1 is 1.14 bits per heavy atom. The van der Waals surface area contributed by atoms with Crippen LogP contribution in [0.5, 0.6) is 0 Å². The summed E-state index contributed by atoms with van der Waals surface area (Å²) in [5, 5.41) is 3.35. The summed E-state index contributed by atoms with van der Waals surface area (Å²) in [7, 11) is 0. The van der Waals surface area contributed by atoms with Gasteiger partial charge in [0.2, 0.25) is 5.91 Å². The van der Waals surface area contributed by atoms with Crippen LogP contribution in [0.3, 0.4) is 0 Å². The van der Waals surface area contributed by atoms with Crippen LogP contribution in [0.2, 0.25) is 5.02 Å². The van der Waals surface area contributed by atoms with Crippen LogP contribution in [0.1, 0.15) is 30.9 Å². The van der Waals surface area contributed by atoms with Crippen LogP contribution in [0, 0.1) is 0 Å². The molecule has 2 heterocycles. The Morgan fingerprint density at radius 2 is 1.86 bits per heavy atom. The second kappa shape index (κ2) is 7.52. The molecule has 4 amide bonds. The van der Waals surface area contributed by atoms with Crippen LogP contribution >= 0.6 is 11.6 Å². The number of carbonyl (C=O) groups excluding carboxylic acids is 3. The Balaban J connectivity index is 1.58. The van der Waals surface area contributed by atoms with Crippen LogP contribution in [0.4, 0.5) is 10.5 Å². The molecule has 2 aliphatic heterocycles. The number of carbonyl (C=O) groups is 3. The van der Waals surface area contributed by atoms with E-state index in [-0.39, 0.29) is 12.5 Å². The molecule has 2 aromatic rings. The number of aryl methyl sites for hydroxylation is 1. The molecule has 1 fully saturated rings. The molecule has 0 bridgehead atoms. The Hall–Kier alpha value is -2.86. The Bertz CT molecular complexity index is 976. The number of anilines is 1. The van der Waals surface area contributed by atoms with Gasteiger partial charge >= 0.3 is 6.03 Å². The molecule has 0 aromatic heterocycles. The van der Waals surface area contributed by atoms with Crippen LogP contribution in [0.15, 0.2) is 48.5 Å². The first-order valence-corrected chi connectivity index (χ1v) is 10.1. The molecule has 4 rings (SSSR count). The number of fused-ring (bicyclic) bond motifs is 1. The first-order chi connectivity index (χ1) is 14.0. The molecule has 1 unspecified atom stereocenters. The van der Waals surface area contributed by atoms with E-state index >= 15 is 0 Å². The average Bonchev–Trinajstić information content (AvgIpc) is 2.99. The first kappa shape index (κ1) is 19.5. The zero-order chi connectivity index (χ0) is 20.6. The van der Waals surface area contributed by atoms with E-state index in [0.717, 1.165) is 29.0 Å². The maximum Gasteiger partial charge on any atom is 0.325 e. The monoisotopic (exact) mass is 411 g/mol. The number of halogens is 1. The maximum atomic E-state index is 13.3. The molecule has 1 saturated heterocycles. The second-order valence-corrected chi connectivity index (χ2v) is 7.80. The number of para-hydroxylation sites is 1. The number of nitrogens with one attached hydrogen (secondary N) is 1. The molecule has 150 valence electrons. The molecule has 1 atom stereocenters. The number of nitrogens with zero attached hydrogens (tertiary/aromatic N) is 2. The third-order valence-corrected chi connectivity index (χ3v) is 6.00. The van der Waals surface area contributed by atoms with Gasteiger partial charge in [-0.2, -0.15) is 0 Å². The SMILES string of the molecule is CCC1(c2ccc(Cl)cc2)NC(=O)N(CC(=O)N2CCCc3ccccc32)C1=O. The summed E-state index contributed by atoms with van der Waals surface area (Å²) >= 11 is 5.96. The van der Waals surface area contributed by atoms with Crippen LogP contribution in [0.25, 0.3) is 0 Å². The molecule has 29 heavy (non-hydrogen) atoms. The highest BCUT2D eigenvalue weighted by molar-refractivity contribution is 6.30. The molecule has 2 aromatic carbocycles. The minimum atomic E-state index is -1.18. The Labute approximate surface area is 174 Å². The van der Waals surface area contributed by atoms with Gasteiger partial charge in [0, 0.05) is 17.3 Å². The van der Waals surface area contributed by atoms with E-state index in [1.807, 2.05) is 31.2 Å². The lowest BCUT2D eigenvalue weighted by molar-refractivity contribution is -0.134. The highest BCUT2D eigenvalue weighted by atomic mass is 35.5. The summed E-state index contributed by atoms with van der Waals surface area (Å²) in [6.45, 7) is 2.13. The zero-order valence-electron chi connectivity index (χ0n) is 16.2. The third kappa shape index (κ3) is 3.27. The van der Waals surface area contributed by atoms with Crippen LogP contribution in [-0.4, -0.2) is 35.8 Å². The number of hydrogen-bond acceptors (Lipinski definition) is 3. The van der Waals surface area contributed by atoms with E-state index in [2.05, 4.69) is 5.32 Å². The molecule has 0 saturated carbocycles. The van der Waals surface area contributed by atoms with Gasteiger partial charge in [-0.25, -0.2) is 4.79 Å². The first-order valence-electron chi connectivity index (χ1n) is 9.74. The predicted octanol–water partition coefficient (Wildman–Crippen LogP) is 3.48. The smallest absolute Gasteiger partial charge is 0.319 e. The number of benzene rings is 2. The van der Waals surface area contributed by atoms with E-state index in [9.17, 15) is 14.4 Å². The lowest BCUT2D eigenvalue weighted by atomic mass is 9.87. The number of amides is 4. The van der Waals surface area contributed by atoms with Gasteiger partial charge in [0.05, 0.1) is 0 Å². The van der Waals surface area contributed by atoms with Crippen molar-refractivity contribution in [2.24, 2.45) is 0 Å². The number of hydrogen-bond donors (Lipinski definition) is 1. The van der Waals surface area contributed by atoms with E-state index in [0.29, 0.717) is 23.6 Å². The summed E-state index contributed by atoms with van der Waals surface area (Å²) < 4.78 is 0. The average molecular weight is 412 g/mol. The Kier molecular flexibility index (Phi) is 5.04. The van der Waals surface area contributed by atoms with Crippen molar-refractivity contribution in [3.63, 3.8) is 0 Å². The Morgan fingerprint density at radius 3 is 2.59 bits per heavy atom. The molecule has 0 radical (unpaired) electrons. The van der Waals surface area contributed by atoms with Gasteiger partial charge < -0.3 is 10.2 Å². The van der Waals surface area contributed by atoms with Crippen molar-refractivity contribution in [1.82, 2.24) is 10.2 Å². The summed E-state index contributed by atoms with van der Waals surface area (Å²) in [4.78, 5) is 41.6. The van der Waals surface area contributed by atoms with Crippen molar-refractivity contribution in [1.29, 1.82) is 0 Å². The third-order valence-electron chi connectivity index (χ3n) is 5.75. The number of rotatable bonds is 4. The van der Waals surface area contributed by atoms with Crippen molar-refractivity contribution in [3.05, 3.63) is 64.7 Å². The van der Waals surface area contributed by atoms with Gasteiger partial charge in [0.25, 0.3) is 5.91 Å². The fraction of sp³-hybridized carbons (Fsp3) is 0.318. The van der Waals surface area contributed by atoms with Crippen LogP contribution < -0.4 is 10.2 Å². The van der Waals surface area contributed by atoms with Gasteiger partial charge in [-0.15, -0.1) is 0 Å². The minimum absolute atomic E-state index is 0.261. The minimum Gasteiger partial charge on any atom is -0.319 e. The largest absolute Gasteiger partial charge is 0.325 e. The summed E-state index contributed by atoms with van der Waals surface area (Å²) in [5.41, 5.74) is 1.44. The fourth-order valence-corrected chi connectivity index (χ4v) is 4.28. The van der Waals surface area contributed by atoms with Crippen molar-refractivity contribution in [2.75, 3.05) is 18.0 Å². The number of imide groups is 1. The van der Waals surface area contributed by atoms with Gasteiger partial charge in [0.1, 0.15) is 12.1 Å². The molecule has 0 spiro atoms. The molecule has 0 aliphatic carbocycles. The second-order valence-electron chi connectivity index (χ2n) is 7.36. The highest BCUT2D eigenvalue weighted by Gasteiger charge is 2.51. The normalized spacial score (nSPS) is 21.2. The molecule has 1 N–H and O–H groups in total. The molecular weight excluding hydrogens is 390 g/mol. The van der Waals surface area contributed by atoms with Gasteiger partial charge in [0.15, 0.2) is 0 Å². The lowest BCUT2D eigenvalue weighted by Gasteiger charge is -2.30. The van der Waals surface area contributed by atoms with E-state index in [1.165, 1.54) is 0 Å². The van der Waals surface area contributed by atoms with Crippen molar-refractivity contribution in [2.45, 2.75) is 31.7 Å². The highest BCUT2D eigenvalue weighted by Crippen LogP contribution is 2.33. The van der Waals surface area contributed by atoms with Crippen molar-refractivity contribution >= 4 is 35.1 Å². The quantitative estimate of drug-likeness (QED) is 0.783. The van der Waals surface area contributed by atoms with Crippen molar-refractivity contribution < 1.29 is 14.4 Å². The molecule has 7 heteroatoms. The van der Waals surface area contributed by atoms with E-state index in [4.69, 9.17) is 11.6 Å². The summed E-state index contributed by atoms with van der Waals surface area (Å²) in [6.07, 6.45) is 2.14. The van der Waals surface area contributed by atoms with Crippen LogP contribution in [-0.2, 0) is 21.5 Å². The fourth-order valence-electron chi connectivity index (χ4n) is 4.16. The summed E-state index contributed by atoms with van der Waals surface area (Å²) in [5.74, 6) is -0.672. The van der Waals surface area contributed by atoms with E-state index in [1.54, 1.807) is 29.2 Å². The van der Waals surface area contributed by atoms with Gasteiger partial charge in [-0.1, -0.05) is 48.9 Å². The topological polar surface area (TPSA) is 69.7 Å². The molecular formula is C22H22ClN3O3. The standard InChI is InChI=1S/C22H22ClN3O3/c1-2-22(16-9-11-17(23)12-10-16)20(28)26(21(29)24-22)14-19(27)25-13-5-7-15-6-3-4-8-18(15)25/h3-4,6,8-12H,2,5,7,13-14H2,1H3,(H,24,29). The van der Waals surface area contributed by atoms with Crippen molar-refractivity contribution in [3.8, 4) is 0 Å².